The Kier molecular flexibility index (Phi) is 5.01. The van der Waals surface area contributed by atoms with Crippen molar-refractivity contribution in [3.63, 3.8) is 0 Å². The quantitative estimate of drug-likeness (QED) is 0.819. The van der Waals surface area contributed by atoms with E-state index >= 15 is 0 Å². The molecule has 2 rings (SSSR count). The lowest BCUT2D eigenvalue weighted by molar-refractivity contribution is 0.459. The SMILES string of the molecule is CCCNCc1cnccc1Oc1cc(F)cc(F)c1. The highest BCUT2D eigenvalue weighted by molar-refractivity contribution is 5.36. The number of ether oxygens (including phenoxy) is 1. The van der Waals surface area contributed by atoms with Gasteiger partial charge < -0.3 is 10.1 Å². The van der Waals surface area contributed by atoms with Gasteiger partial charge in [-0.15, -0.1) is 0 Å². The van der Waals surface area contributed by atoms with E-state index in [1.165, 1.54) is 0 Å². The van der Waals surface area contributed by atoms with Gasteiger partial charge in [0.15, 0.2) is 0 Å². The van der Waals surface area contributed by atoms with Gasteiger partial charge in [0, 0.05) is 42.7 Å². The second-order valence-electron chi connectivity index (χ2n) is 4.37. The maximum Gasteiger partial charge on any atom is 0.134 e. The van der Waals surface area contributed by atoms with Crippen molar-refractivity contribution in [1.29, 1.82) is 0 Å². The van der Waals surface area contributed by atoms with E-state index in [2.05, 4.69) is 17.2 Å². The van der Waals surface area contributed by atoms with Gasteiger partial charge in [-0.2, -0.15) is 0 Å². The summed E-state index contributed by atoms with van der Waals surface area (Å²) >= 11 is 0. The highest BCUT2D eigenvalue weighted by Crippen LogP contribution is 2.25. The number of pyridine rings is 1. The third kappa shape index (κ3) is 3.99. The molecule has 0 saturated heterocycles. The van der Waals surface area contributed by atoms with E-state index in [-0.39, 0.29) is 5.75 Å². The van der Waals surface area contributed by atoms with E-state index in [0.717, 1.165) is 36.7 Å². The molecule has 0 aliphatic rings. The van der Waals surface area contributed by atoms with Gasteiger partial charge >= 0.3 is 0 Å². The Balaban J connectivity index is 2.15. The van der Waals surface area contributed by atoms with Crippen molar-refractivity contribution in [2.24, 2.45) is 0 Å². The van der Waals surface area contributed by atoms with Gasteiger partial charge in [0.05, 0.1) is 0 Å². The molecule has 0 unspecified atom stereocenters. The van der Waals surface area contributed by atoms with Gasteiger partial charge in [-0.3, -0.25) is 4.98 Å². The molecule has 1 N–H and O–H groups in total. The maximum atomic E-state index is 13.1. The number of nitrogens with zero attached hydrogens (tertiary/aromatic N) is 1. The molecule has 0 aliphatic heterocycles. The number of rotatable bonds is 6. The van der Waals surface area contributed by atoms with Crippen molar-refractivity contribution in [3.8, 4) is 11.5 Å². The van der Waals surface area contributed by atoms with Crippen LogP contribution in [0.5, 0.6) is 11.5 Å². The lowest BCUT2D eigenvalue weighted by atomic mass is 10.2. The number of aromatic nitrogens is 1. The smallest absolute Gasteiger partial charge is 0.134 e. The Hall–Kier alpha value is -2.01. The van der Waals surface area contributed by atoms with E-state index in [4.69, 9.17) is 4.74 Å². The molecule has 0 saturated carbocycles. The molecule has 20 heavy (non-hydrogen) atoms. The first-order valence-electron chi connectivity index (χ1n) is 6.46. The van der Waals surface area contributed by atoms with Gasteiger partial charge in [0.25, 0.3) is 0 Å². The van der Waals surface area contributed by atoms with Gasteiger partial charge in [-0.1, -0.05) is 6.92 Å². The second kappa shape index (κ2) is 6.96. The standard InChI is InChI=1S/C15H16F2N2O/c1-2-4-18-9-11-10-19-5-3-15(11)20-14-7-12(16)6-13(17)8-14/h3,5-8,10,18H,2,4,9H2,1H3. The minimum absolute atomic E-state index is 0.130. The molecular weight excluding hydrogens is 262 g/mol. The molecule has 0 radical (unpaired) electrons. The van der Waals surface area contributed by atoms with Crippen LogP contribution in [0.2, 0.25) is 0 Å². The lowest BCUT2D eigenvalue weighted by Crippen LogP contribution is -2.14. The van der Waals surface area contributed by atoms with Gasteiger partial charge in [0.2, 0.25) is 0 Å². The Morgan fingerprint density at radius 3 is 2.65 bits per heavy atom. The predicted molar refractivity (Wildman–Crippen MR) is 72.7 cm³/mol. The predicted octanol–water partition coefficient (Wildman–Crippen LogP) is 3.65. The van der Waals surface area contributed by atoms with Gasteiger partial charge in [0.1, 0.15) is 23.1 Å². The Morgan fingerprint density at radius 2 is 1.95 bits per heavy atom. The Labute approximate surface area is 116 Å². The molecule has 5 heteroatoms. The maximum absolute atomic E-state index is 13.1. The molecule has 106 valence electrons. The molecule has 3 nitrogen and oxygen atoms in total. The second-order valence-corrected chi connectivity index (χ2v) is 4.37. The van der Waals surface area contributed by atoms with Crippen molar-refractivity contribution in [1.82, 2.24) is 10.3 Å². The average Bonchev–Trinajstić information content (AvgIpc) is 2.40. The molecule has 0 amide bonds. The van der Waals surface area contributed by atoms with Crippen LogP contribution < -0.4 is 10.1 Å². The number of hydrogen-bond acceptors (Lipinski definition) is 3. The Morgan fingerprint density at radius 1 is 1.20 bits per heavy atom. The third-order valence-electron chi connectivity index (χ3n) is 2.66. The van der Waals surface area contributed by atoms with Crippen LogP contribution in [0, 0.1) is 11.6 Å². The summed E-state index contributed by atoms with van der Waals surface area (Å²) in [6.07, 6.45) is 4.27. The van der Waals surface area contributed by atoms with E-state index < -0.39 is 11.6 Å². The first-order valence-corrected chi connectivity index (χ1v) is 6.46. The number of halogens is 2. The van der Waals surface area contributed by atoms with Gasteiger partial charge in [-0.25, -0.2) is 8.78 Å². The summed E-state index contributed by atoms with van der Waals surface area (Å²) in [5.41, 5.74) is 0.839. The van der Waals surface area contributed by atoms with Crippen LogP contribution in [0.3, 0.4) is 0 Å². The fourth-order valence-electron chi connectivity index (χ4n) is 1.76. The zero-order valence-corrected chi connectivity index (χ0v) is 11.2. The zero-order valence-electron chi connectivity index (χ0n) is 11.2. The average molecular weight is 278 g/mol. The summed E-state index contributed by atoms with van der Waals surface area (Å²) in [4.78, 5) is 4.03. The molecular formula is C15H16F2N2O. The molecule has 0 bridgehead atoms. The van der Waals surface area contributed by atoms with E-state index in [0.29, 0.717) is 12.3 Å². The van der Waals surface area contributed by atoms with Crippen molar-refractivity contribution in [3.05, 3.63) is 53.9 Å². The third-order valence-corrected chi connectivity index (χ3v) is 2.66. The highest BCUT2D eigenvalue weighted by atomic mass is 19.1. The highest BCUT2D eigenvalue weighted by Gasteiger charge is 2.07. The van der Waals surface area contributed by atoms with Crippen LogP contribution in [0.1, 0.15) is 18.9 Å². The fraction of sp³-hybridized carbons (Fsp3) is 0.267. The van der Waals surface area contributed by atoms with E-state index in [9.17, 15) is 8.78 Å². The van der Waals surface area contributed by atoms with E-state index in [1.54, 1.807) is 18.5 Å². The van der Waals surface area contributed by atoms with Crippen LogP contribution in [0.25, 0.3) is 0 Å². The molecule has 0 aliphatic carbocycles. The summed E-state index contributed by atoms with van der Waals surface area (Å²) in [6.45, 7) is 3.54. The molecule has 1 aromatic carbocycles. The van der Waals surface area contributed by atoms with Crippen LogP contribution in [-0.2, 0) is 6.54 Å². The number of hydrogen-bond donors (Lipinski definition) is 1. The van der Waals surface area contributed by atoms with Crippen LogP contribution in [0.15, 0.2) is 36.7 Å². The summed E-state index contributed by atoms with van der Waals surface area (Å²) in [5, 5.41) is 3.23. The van der Waals surface area contributed by atoms with Crippen molar-refractivity contribution >= 4 is 0 Å². The Bertz CT molecular complexity index is 555. The van der Waals surface area contributed by atoms with Crippen molar-refractivity contribution < 1.29 is 13.5 Å². The van der Waals surface area contributed by atoms with Gasteiger partial charge in [-0.05, 0) is 19.0 Å². The number of benzene rings is 1. The monoisotopic (exact) mass is 278 g/mol. The minimum Gasteiger partial charge on any atom is -0.457 e. The van der Waals surface area contributed by atoms with Crippen LogP contribution >= 0.6 is 0 Å². The van der Waals surface area contributed by atoms with Crippen LogP contribution in [-0.4, -0.2) is 11.5 Å². The first kappa shape index (κ1) is 14.4. The minimum atomic E-state index is -0.667. The zero-order chi connectivity index (χ0) is 14.4. The molecule has 2 aromatic rings. The normalized spacial score (nSPS) is 10.6. The summed E-state index contributed by atoms with van der Waals surface area (Å²) in [7, 11) is 0. The largest absolute Gasteiger partial charge is 0.457 e. The molecule has 0 atom stereocenters. The molecule has 0 spiro atoms. The summed E-state index contributed by atoms with van der Waals surface area (Å²) in [5.74, 6) is -0.668. The number of nitrogens with one attached hydrogen (secondary N) is 1. The molecule has 1 aromatic heterocycles. The lowest BCUT2D eigenvalue weighted by Gasteiger charge is -2.11. The summed E-state index contributed by atoms with van der Waals surface area (Å²) in [6, 6.07) is 4.77. The first-order chi connectivity index (χ1) is 9.69. The van der Waals surface area contributed by atoms with Crippen LogP contribution in [0.4, 0.5) is 8.78 Å². The molecule has 0 fully saturated rings. The fourth-order valence-corrected chi connectivity index (χ4v) is 1.76. The summed E-state index contributed by atoms with van der Waals surface area (Å²) < 4.78 is 31.8. The van der Waals surface area contributed by atoms with E-state index in [1.807, 2.05) is 0 Å². The van der Waals surface area contributed by atoms with Crippen molar-refractivity contribution in [2.45, 2.75) is 19.9 Å². The van der Waals surface area contributed by atoms with Crippen molar-refractivity contribution in [2.75, 3.05) is 6.54 Å². The topological polar surface area (TPSA) is 34.2 Å². The molecule has 1 heterocycles.